The molecule has 4 rings (SSSR count). The number of amides is 2. The van der Waals surface area contributed by atoms with Crippen molar-refractivity contribution in [3.63, 3.8) is 0 Å². The van der Waals surface area contributed by atoms with Gasteiger partial charge in [0.25, 0.3) is 5.91 Å². The summed E-state index contributed by atoms with van der Waals surface area (Å²) in [5.41, 5.74) is 3.49. The standard InChI is InChI=1S/C17H13FN2O2/c18-13-3-1-2-4-14(13)19-17(22)12-7-10-5-6-20-15(21)9-11(8-12)16(10)20/h1-4,7-8H,5-6,9H2,(H,19,22). The quantitative estimate of drug-likeness (QED) is 0.925. The molecule has 1 N–H and O–H groups in total. The van der Waals surface area contributed by atoms with Gasteiger partial charge in [0.15, 0.2) is 0 Å². The van der Waals surface area contributed by atoms with Gasteiger partial charge >= 0.3 is 0 Å². The molecule has 5 heteroatoms. The zero-order chi connectivity index (χ0) is 15.3. The largest absolute Gasteiger partial charge is 0.319 e. The van der Waals surface area contributed by atoms with Gasteiger partial charge in [-0.25, -0.2) is 4.39 Å². The van der Waals surface area contributed by atoms with E-state index >= 15 is 0 Å². The Hall–Kier alpha value is -2.69. The van der Waals surface area contributed by atoms with Gasteiger partial charge in [-0.3, -0.25) is 9.59 Å². The van der Waals surface area contributed by atoms with Crippen LogP contribution in [0.2, 0.25) is 0 Å². The van der Waals surface area contributed by atoms with Crippen LogP contribution in [0.25, 0.3) is 0 Å². The van der Waals surface area contributed by atoms with Gasteiger partial charge in [-0.2, -0.15) is 0 Å². The fraction of sp³-hybridized carbons (Fsp3) is 0.176. The highest BCUT2D eigenvalue weighted by Gasteiger charge is 2.34. The Morgan fingerprint density at radius 1 is 1.18 bits per heavy atom. The minimum Gasteiger partial charge on any atom is -0.319 e. The van der Waals surface area contributed by atoms with Gasteiger partial charge in [0.2, 0.25) is 5.91 Å². The first-order chi connectivity index (χ1) is 10.6. The van der Waals surface area contributed by atoms with Crippen molar-refractivity contribution < 1.29 is 14.0 Å². The number of halogens is 1. The SMILES string of the molecule is O=C(Nc1ccccc1F)c1cc2c3c(c1)CC(=O)N3CC2. The Labute approximate surface area is 126 Å². The van der Waals surface area contributed by atoms with E-state index in [-0.39, 0.29) is 17.5 Å². The van der Waals surface area contributed by atoms with E-state index in [1.54, 1.807) is 29.2 Å². The van der Waals surface area contributed by atoms with E-state index in [0.717, 1.165) is 23.2 Å². The molecule has 0 aromatic heterocycles. The first-order valence-electron chi connectivity index (χ1n) is 7.15. The highest BCUT2D eigenvalue weighted by molar-refractivity contribution is 6.08. The van der Waals surface area contributed by atoms with Gasteiger partial charge in [0.05, 0.1) is 17.8 Å². The molecular formula is C17H13FN2O2. The van der Waals surface area contributed by atoms with Gasteiger partial charge < -0.3 is 10.2 Å². The van der Waals surface area contributed by atoms with Crippen LogP contribution in [-0.4, -0.2) is 18.4 Å². The number of rotatable bonds is 2. The second-order valence-electron chi connectivity index (χ2n) is 5.55. The summed E-state index contributed by atoms with van der Waals surface area (Å²) < 4.78 is 13.6. The smallest absolute Gasteiger partial charge is 0.255 e. The van der Waals surface area contributed by atoms with E-state index in [2.05, 4.69) is 5.32 Å². The first-order valence-corrected chi connectivity index (χ1v) is 7.15. The number of nitrogens with one attached hydrogen (secondary N) is 1. The highest BCUT2D eigenvalue weighted by atomic mass is 19.1. The average molecular weight is 296 g/mol. The number of para-hydroxylation sites is 1. The number of nitrogens with zero attached hydrogens (tertiary/aromatic N) is 1. The molecule has 2 aromatic carbocycles. The molecule has 0 fully saturated rings. The molecule has 0 spiro atoms. The Balaban J connectivity index is 1.67. The highest BCUT2D eigenvalue weighted by Crippen LogP contribution is 2.38. The summed E-state index contributed by atoms with van der Waals surface area (Å²) in [5, 5.41) is 2.58. The van der Waals surface area contributed by atoms with E-state index in [9.17, 15) is 14.0 Å². The fourth-order valence-electron chi connectivity index (χ4n) is 3.17. The van der Waals surface area contributed by atoms with Gasteiger partial charge in [0, 0.05) is 12.1 Å². The van der Waals surface area contributed by atoms with Crippen LogP contribution in [0.15, 0.2) is 36.4 Å². The number of anilines is 2. The third-order valence-electron chi connectivity index (χ3n) is 4.17. The number of hydrogen-bond donors (Lipinski definition) is 1. The molecule has 2 amide bonds. The third kappa shape index (κ3) is 1.89. The lowest BCUT2D eigenvalue weighted by molar-refractivity contribution is -0.117. The van der Waals surface area contributed by atoms with Crippen LogP contribution in [0, 0.1) is 5.82 Å². The molecule has 0 radical (unpaired) electrons. The Morgan fingerprint density at radius 2 is 1.95 bits per heavy atom. The van der Waals surface area contributed by atoms with Gasteiger partial charge in [0.1, 0.15) is 5.82 Å². The normalized spacial score (nSPS) is 15.1. The number of hydrogen-bond acceptors (Lipinski definition) is 2. The summed E-state index contributed by atoms with van der Waals surface area (Å²) in [6, 6.07) is 9.59. The zero-order valence-electron chi connectivity index (χ0n) is 11.7. The first kappa shape index (κ1) is 13.0. The lowest BCUT2D eigenvalue weighted by Crippen LogP contribution is -2.24. The molecule has 4 nitrogen and oxygen atoms in total. The van der Waals surface area contributed by atoms with Crippen molar-refractivity contribution in [3.8, 4) is 0 Å². The number of benzene rings is 2. The summed E-state index contributed by atoms with van der Waals surface area (Å²) >= 11 is 0. The molecule has 110 valence electrons. The molecule has 0 aliphatic carbocycles. The van der Waals surface area contributed by atoms with Crippen molar-refractivity contribution in [2.45, 2.75) is 12.8 Å². The van der Waals surface area contributed by atoms with Crippen molar-refractivity contribution >= 4 is 23.2 Å². The zero-order valence-corrected chi connectivity index (χ0v) is 11.7. The fourth-order valence-corrected chi connectivity index (χ4v) is 3.17. The Kier molecular flexibility index (Phi) is 2.76. The molecule has 2 aliphatic rings. The van der Waals surface area contributed by atoms with Crippen molar-refractivity contribution in [1.29, 1.82) is 0 Å². The van der Waals surface area contributed by atoms with Crippen LogP contribution < -0.4 is 10.2 Å². The maximum atomic E-state index is 13.6. The summed E-state index contributed by atoms with van der Waals surface area (Å²) in [6.07, 6.45) is 1.10. The second kappa shape index (κ2) is 4.66. The monoisotopic (exact) mass is 296 g/mol. The van der Waals surface area contributed by atoms with Crippen LogP contribution in [0.5, 0.6) is 0 Å². The predicted octanol–water partition coefficient (Wildman–Crippen LogP) is 2.52. The number of carbonyl (C=O) groups is 2. The van der Waals surface area contributed by atoms with E-state index in [0.29, 0.717) is 18.5 Å². The van der Waals surface area contributed by atoms with E-state index in [1.165, 1.54) is 12.1 Å². The maximum absolute atomic E-state index is 13.6. The lowest BCUT2D eigenvalue weighted by atomic mass is 10.0. The van der Waals surface area contributed by atoms with Crippen LogP contribution in [0.3, 0.4) is 0 Å². The molecule has 2 aliphatic heterocycles. The summed E-state index contributed by atoms with van der Waals surface area (Å²) in [5.74, 6) is -0.745. The Bertz CT molecular complexity index is 816. The molecule has 2 aromatic rings. The van der Waals surface area contributed by atoms with Gasteiger partial charge in [-0.15, -0.1) is 0 Å². The lowest BCUT2D eigenvalue weighted by Gasteiger charge is -2.10. The van der Waals surface area contributed by atoms with E-state index < -0.39 is 5.82 Å². The third-order valence-corrected chi connectivity index (χ3v) is 4.17. The summed E-state index contributed by atoms with van der Waals surface area (Å²) in [6.45, 7) is 0.680. The molecule has 2 heterocycles. The second-order valence-corrected chi connectivity index (χ2v) is 5.55. The topological polar surface area (TPSA) is 49.4 Å². The molecule has 0 bridgehead atoms. The van der Waals surface area contributed by atoms with Crippen LogP contribution in [-0.2, 0) is 17.6 Å². The van der Waals surface area contributed by atoms with Crippen molar-refractivity contribution in [1.82, 2.24) is 0 Å². The van der Waals surface area contributed by atoms with E-state index in [4.69, 9.17) is 0 Å². The minimum absolute atomic E-state index is 0.0837. The van der Waals surface area contributed by atoms with Crippen LogP contribution >= 0.6 is 0 Å². The van der Waals surface area contributed by atoms with Gasteiger partial charge in [-0.05, 0) is 41.8 Å². The van der Waals surface area contributed by atoms with Crippen LogP contribution in [0.1, 0.15) is 21.5 Å². The summed E-state index contributed by atoms with van der Waals surface area (Å²) in [4.78, 5) is 26.0. The molecular weight excluding hydrogens is 283 g/mol. The maximum Gasteiger partial charge on any atom is 0.255 e. The Morgan fingerprint density at radius 3 is 2.77 bits per heavy atom. The number of carbonyl (C=O) groups excluding carboxylic acids is 2. The van der Waals surface area contributed by atoms with Crippen molar-refractivity contribution in [2.24, 2.45) is 0 Å². The van der Waals surface area contributed by atoms with Crippen molar-refractivity contribution in [3.05, 3.63) is 58.9 Å². The van der Waals surface area contributed by atoms with Crippen LogP contribution in [0.4, 0.5) is 15.8 Å². The minimum atomic E-state index is -0.470. The summed E-state index contributed by atoms with van der Waals surface area (Å²) in [7, 11) is 0. The average Bonchev–Trinajstić information content (AvgIpc) is 3.07. The molecule has 0 saturated heterocycles. The van der Waals surface area contributed by atoms with E-state index in [1.807, 2.05) is 0 Å². The molecule has 0 atom stereocenters. The molecule has 22 heavy (non-hydrogen) atoms. The molecule has 0 saturated carbocycles. The predicted molar refractivity (Wildman–Crippen MR) is 80.6 cm³/mol. The molecule has 0 unspecified atom stereocenters. The van der Waals surface area contributed by atoms with Crippen molar-refractivity contribution in [2.75, 3.05) is 16.8 Å². The van der Waals surface area contributed by atoms with Gasteiger partial charge in [-0.1, -0.05) is 12.1 Å².